The van der Waals surface area contributed by atoms with Crippen LogP contribution >= 0.6 is 34.4 Å². The van der Waals surface area contributed by atoms with Crippen molar-refractivity contribution in [1.29, 1.82) is 0 Å². The first kappa shape index (κ1) is 29.0. The number of aliphatic hydroxyl groups excluding tert-OH is 1. The fourth-order valence-electron chi connectivity index (χ4n) is 4.51. The van der Waals surface area contributed by atoms with Gasteiger partial charge in [-0.1, -0.05) is 78.4 Å². The van der Waals surface area contributed by atoms with E-state index in [1.807, 2.05) is 38.1 Å². The zero-order valence-electron chi connectivity index (χ0n) is 23.2. The van der Waals surface area contributed by atoms with Gasteiger partial charge in [-0.25, -0.2) is 4.98 Å². The van der Waals surface area contributed by atoms with Gasteiger partial charge < -0.3 is 9.84 Å². The SMILES string of the molecule is CCCCOc1cccc(C2C(C(=O)c3sc(C)nc3C)=C(O)C(=O)N2c2nnc(SCc3ccc(C)cc3)s2)c1. The molecule has 4 aromatic rings. The van der Waals surface area contributed by atoms with Crippen molar-refractivity contribution in [1.82, 2.24) is 15.2 Å². The average Bonchev–Trinajstić information content (AvgIpc) is 3.64. The van der Waals surface area contributed by atoms with Crippen LogP contribution in [0.25, 0.3) is 0 Å². The Morgan fingerprint density at radius 1 is 1.10 bits per heavy atom. The maximum Gasteiger partial charge on any atom is 0.296 e. The van der Waals surface area contributed by atoms with E-state index in [0.29, 0.717) is 43.7 Å². The number of anilines is 1. The molecule has 1 atom stereocenters. The number of ether oxygens (including phenoxy) is 1. The molecule has 0 spiro atoms. The summed E-state index contributed by atoms with van der Waals surface area (Å²) < 4.78 is 6.60. The van der Waals surface area contributed by atoms with Gasteiger partial charge in [0.25, 0.3) is 5.91 Å². The van der Waals surface area contributed by atoms with Gasteiger partial charge in [-0.2, -0.15) is 0 Å². The maximum absolute atomic E-state index is 13.9. The van der Waals surface area contributed by atoms with Gasteiger partial charge in [0, 0.05) is 5.75 Å². The third-order valence-corrected chi connectivity index (χ3v) is 9.79. The Bertz CT molecular complexity index is 1610. The minimum absolute atomic E-state index is 0.00323. The number of rotatable bonds is 11. The molecular weight excluding hydrogens is 577 g/mol. The van der Waals surface area contributed by atoms with E-state index >= 15 is 0 Å². The lowest BCUT2D eigenvalue weighted by atomic mass is 9.95. The summed E-state index contributed by atoms with van der Waals surface area (Å²) in [6.45, 7) is 8.26. The van der Waals surface area contributed by atoms with Crippen LogP contribution in [0.15, 0.2) is 64.2 Å². The highest BCUT2D eigenvalue weighted by molar-refractivity contribution is 8.00. The van der Waals surface area contributed by atoms with Crippen molar-refractivity contribution >= 4 is 51.3 Å². The number of unbranched alkanes of at least 4 members (excludes halogenated alkanes) is 1. The standard InChI is InChI=1S/C30H30N4O4S3/c1-5-6-14-38-22-9-7-8-21(15-22)24-23(25(35)27-18(3)31-19(4)40-27)26(36)28(37)34(24)29-32-33-30(41-29)39-16-20-12-10-17(2)11-13-20/h7-13,15,24,36H,5-6,14,16H2,1-4H3. The average molecular weight is 607 g/mol. The van der Waals surface area contributed by atoms with Crippen molar-refractivity contribution in [3.63, 3.8) is 0 Å². The molecule has 0 bridgehead atoms. The lowest BCUT2D eigenvalue weighted by Gasteiger charge is -2.24. The predicted molar refractivity (Wildman–Crippen MR) is 163 cm³/mol. The largest absolute Gasteiger partial charge is 0.503 e. The number of carbonyl (C=O) groups excluding carboxylic acids is 2. The molecule has 0 aliphatic carbocycles. The normalized spacial score (nSPS) is 15.2. The molecule has 8 nitrogen and oxygen atoms in total. The third-order valence-electron chi connectivity index (χ3n) is 6.59. The van der Waals surface area contributed by atoms with E-state index in [2.05, 4.69) is 46.4 Å². The lowest BCUT2D eigenvalue weighted by molar-refractivity contribution is -0.117. The van der Waals surface area contributed by atoms with Crippen molar-refractivity contribution in [2.75, 3.05) is 11.5 Å². The van der Waals surface area contributed by atoms with Crippen LogP contribution in [0, 0.1) is 20.8 Å². The monoisotopic (exact) mass is 606 g/mol. The summed E-state index contributed by atoms with van der Waals surface area (Å²) in [5, 5.41) is 20.8. The number of aliphatic hydroxyl groups is 1. The molecule has 5 rings (SSSR count). The van der Waals surface area contributed by atoms with Gasteiger partial charge in [0.15, 0.2) is 10.1 Å². The molecule has 1 unspecified atom stereocenters. The number of hydrogen-bond donors (Lipinski definition) is 1. The van der Waals surface area contributed by atoms with Gasteiger partial charge in [0.2, 0.25) is 10.9 Å². The van der Waals surface area contributed by atoms with E-state index in [-0.39, 0.29) is 5.57 Å². The number of aryl methyl sites for hydroxylation is 3. The number of nitrogens with zero attached hydrogens (tertiary/aromatic N) is 4. The highest BCUT2D eigenvalue weighted by Crippen LogP contribution is 2.45. The predicted octanol–water partition coefficient (Wildman–Crippen LogP) is 7.17. The second-order valence-electron chi connectivity index (χ2n) is 9.72. The molecule has 1 amide bonds. The number of ketones is 1. The molecule has 0 fully saturated rings. The molecule has 2 aromatic heterocycles. The van der Waals surface area contributed by atoms with E-state index in [0.717, 1.165) is 23.4 Å². The summed E-state index contributed by atoms with van der Waals surface area (Å²) in [5.74, 6) is -0.395. The van der Waals surface area contributed by atoms with Gasteiger partial charge in [-0.05, 0) is 50.5 Å². The number of thiazole rings is 1. The van der Waals surface area contributed by atoms with E-state index in [9.17, 15) is 14.7 Å². The molecule has 0 saturated heterocycles. The molecule has 11 heteroatoms. The Balaban J connectivity index is 1.50. The Labute approximate surface area is 251 Å². The molecule has 1 N–H and O–H groups in total. The van der Waals surface area contributed by atoms with Crippen LogP contribution in [0.5, 0.6) is 5.75 Å². The lowest BCUT2D eigenvalue weighted by Crippen LogP contribution is -2.31. The van der Waals surface area contributed by atoms with Gasteiger partial charge in [0.05, 0.1) is 33.8 Å². The Kier molecular flexibility index (Phi) is 8.86. The number of thioether (sulfide) groups is 1. The quantitative estimate of drug-likeness (QED) is 0.0829. The van der Waals surface area contributed by atoms with Crippen molar-refractivity contribution in [2.24, 2.45) is 0 Å². The van der Waals surface area contributed by atoms with E-state index in [1.54, 1.807) is 6.92 Å². The fraction of sp³-hybridized carbons (Fsp3) is 0.300. The number of Topliss-reactive ketones (excluding diaryl/α,β-unsaturated/α-hetero) is 1. The first-order valence-corrected chi connectivity index (χ1v) is 15.9. The molecule has 0 radical (unpaired) electrons. The molecular formula is C30H30N4O4S3. The summed E-state index contributed by atoms with van der Waals surface area (Å²) in [7, 11) is 0. The zero-order chi connectivity index (χ0) is 29.1. The van der Waals surface area contributed by atoms with Crippen molar-refractivity contribution < 1.29 is 19.4 Å². The van der Waals surface area contributed by atoms with Crippen LogP contribution in [0.2, 0.25) is 0 Å². The van der Waals surface area contributed by atoms with Crippen LogP contribution in [0.1, 0.15) is 62.9 Å². The molecule has 2 aromatic carbocycles. The van der Waals surface area contributed by atoms with Crippen LogP contribution in [-0.2, 0) is 10.5 Å². The van der Waals surface area contributed by atoms with Crippen molar-refractivity contribution in [3.05, 3.63) is 92.1 Å². The molecule has 1 aliphatic heterocycles. The highest BCUT2D eigenvalue weighted by Gasteiger charge is 2.46. The maximum atomic E-state index is 13.9. The summed E-state index contributed by atoms with van der Waals surface area (Å²) in [5.41, 5.74) is 3.52. The van der Waals surface area contributed by atoms with Crippen molar-refractivity contribution in [2.45, 2.75) is 56.7 Å². The van der Waals surface area contributed by atoms with Crippen LogP contribution in [0.4, 0.5) is 5.13 Å². The summed E-state index contributed by atoms with van der Waals surface area (Å²) in [6.07, 6.45) is 1.90. The molecule has 212 valence electrons. The molecule has 41 heavy (non-hydrogen) atoms. The number of aromatic nitrogens is 3. The van der Waals surface area contributed by atoms with Crippen LogP contribution in [-0.4, -0.2) is 38.6 Å². The minimum Gasteiger partial charge on any atom is -0.503 e. The van der Waals surface area contributed by atoms with Gasteiger partial charge >= 0.3 is 0 Å². The van der Waals surface area contributed by atoms with E-state index < -0.39 is 23.5 Å². The smallest absolute Gasteiger partial charge is 0.296 e. The van der Waals surface area contributed by atoms with Crippen LogP contribution < -0.4 is 9.64 Å². The van der Waals surface area contributed by atoms with Gasteiger partial charge in [-0.15, -0.1) is 21.5 Å². The molecule has 3 heterocycles. The highest BCUT2D eigenvalue weighted by atomic mass is 32.2. The zero-order valence-corrected chi connectivity index (χ0v) is 25.7. The first-order valence-electron chi connectivity index (χ1n) is 13.3. The molecule has 1 aliphatic rings. The van der Waals surface area contributed by atoms with E-state index in [1.165, 1.54) is 44.9 Å². The Morgan fingerprint density at radius 3 is 2.59 bits per heavy atom. The Hall–Kier alpha value is -3.54. The number of amides is 1. The topological polar surface area (TPSA) is 106 Å². The van der Waals surface area contributed by atoms with Gasteiger partial charge in [0.1, 0.15) is 5.75 Å². The van der Waals surface area contributed by atoms with E-state index in [4.69, 9.17) is 4.74 Å². The first-order chi connectivity index (χ1) is 19.8. The summed E-state index contributed by atoms with van der Waals surface area (Å²) in [4.78, 5) is 33.6. The minimum atomic E-state index is -0.908. The molecule has 0 saturated carbocycles. The summed E-state index contributed by atoms with van der Waals surface area (Å²) in [6, 6.07) is 14.7. The third kappa shape index (κ3) is 6.22. The second kappa shape index (κ2) is 12.5. The van der Waals surface area contributed by atoms with Gasteiger partial charge in [-0.3, -0.25) is 14.5 Å². The number of benzene rings is 2. The second-order valence-corrected chi connectivity index (χ2v) is 13.1. The number of carbonyl (C=O) groups is 2. The summed E-state index contributed by atoms with van der Waals surface area (Å²) >= 11 is 4.01. The van der Waals surface area contributed by atoms with Crippen LogP contribution in [0.3, 0.4) is 0 Å². The van der Waals surface area contributed by atoms with Crippen molar-refractivity contribution in [3.8, 4) is 5.75 Å². The fourth-order valence-corrected chi connectivity index (χ4v) is 7.21. The Morgan fingerprint density at radius 2 is 1.88 bits per heavy atom. The number of hydrogen-bond acceptors (Lipinski definition) is 10.